The van der Waals surface area contributed by atoms with Crippen molar-refractivity contribution in [1.82, 2.24) is 14.9 Å². The molecule has 0 aliphatic carbocycles. The van der Waals surface area contributed by atoms with Crippen molar-refractivity contribution in [3.8, 4) is 0 Å². The van der Waals surface area contributed by atoms with Crippen molar-refractivity contribution in [3.05, 3.63) is 11.1 Å². The molecule has 1 aromatic rings. The van der Waals surface area contributed by atoms with Crippen LogP contribution in [0.15, 0.2) is 5.38 Å². The fraction of sp³-hybridized carbons (Fsp3) is 0.714. The summed E-state index contributed by atoms with van der Waals surface area (Å²) in [5.74, 6) is 0.613. The highest BCUT2D eigenvalue weighted by molar-refractivity contribution is 7.03. The van der Waals surface area contributed by atoms with Gasteiger partial charge < -0.3 is 5.32 Å². The molecule has 1 saturated heterocycles. The fourth-order valence-electron chi connectivity index (χ4n) is 1.45. The van der Waals surface area contributed by atoms with Gasteiger partial charge in [0.2, 0.25) is 0 Å². The predicted molar refractivity (Wildman–Crippen MR) is 44.8 cm³/mol. The first-order chi connectivity index (χ1) is 5.47. The van der Waals surface area contributed by atoms with Gasteiger partial charge in [-0.25, -0.2) is 0 Å². The molecule has 0 unspecified atom stereocenters. The molecule has 2 rings (SSSR count). The molecular weight excluding hydrogens is 158 g/mol. The Bertz CT molecular complexity index is 203. The molecule has 1 aliphatic heterocycles. The van der Waals surface area contributed by atoms with E-state index in [9.17, 15) is 0 Å². The first kappa shape index (κ1) is 7.18. The fourth-order valence-corrected chi connectivity index (χ4v) is 1.99. The van der Waals surface area contributed by atoms with Gasteiger partial charge in [0.25, 0.3) is 0 Å². The third-order valence-electron chi connectivity index (χ3n) is 2.09. The Morgan fingerprint density at radius 1 is 1.64 bits per heavy atom. The third kappa shape index (κ3) is 1.57. The van der Waals surface area contributed by atoms with Gasteiger partial charge in [-0.3, -0.25) is 0 Å². The molecule has 4 heteroatoms. The smallest absolute Gasteiger partial charge is 0.0799 e. The largest absolute Gasteiger partial charge is 0.316 e. The summed E-state index contributed by atoms with van der Waals surface area (Å²) in [5.41, 5.74) is 1.17. The van der Waals surface area contributed by atoms with E-state index in [1.807, 2.05) is 0 Å². The van der Waals surface area contributed by atoms with Crippen LogP contribution < -0.4 is 5.32 Å². The number of nitrogens with zero attached hydrogens (tertiary/aromatic N) is 2. The van der Waals surface area contributed by atoms with Crippen LogP contribution in [0.1, 0.15) is 24.5 Å². The molecule has 3 nitrogen and oxygen atoms in total. The molecule has 1 fully saturated rings. The molecule has 1 atom stereocenters. The lowest BCUT2D eigenvalue weighted by molar-refractivity contribution is 0.454. The Morgan fingerprint density at radius 2 is 2.64 bits per heavy atom. The van der Waals surface area contributed by atoms with Gasteiger partial charge in [0.1, 0.15) is 0 Å². The molecule has 60 valence electrons. The van der Waals surface area contributed by atoms with Gasteiger partial charge >= 0.3 is 0 Å². The molecule has 0 spiro atoms. The van der Waals surface area contributed by atoms with E-state index in [0.29, 0.717) is 5.92 Å². The highest BCUT2D eigenvalue weighted by atomic mass is 32.1. The maximum atomic E-state index is 4.07. The first-order valence-electron chi connectivity index (χ1n) is 3.94. The van der Waals surface area contributed by atoms with E-state index >= 15 is 0 Å². The summed E-state index contributed by atoms with van der Waals surface area (Å²) in [6.45, 7) is 2.24. The van der Waals surface area contributed by atoms with Crippen LogP contribution in [0, 0.1) is 0 Å². The zero-order chi connectivity index (χ0) is 7.52. The van der Waals surface area contributed by atoms with E-state index in [0.717, 1.165) is 13.1 Å². The summed E-state index contributed by atoms with van der Waals surface area (Å²) in [5, 5.41) is 9.48. The van der Waals surface area contributed by atoms with Gasteiger partial charge in [-0.05, 0) is 30.9 Å². The van der Waals surface area contributed by atoms with Crippen LogP contribution in [-0.2, 0) is 0 Å². The van der Waals surface area contributed by atoms with Crippen molar-refractivity contribution in [2.24, 2.45) is 0 Å². The van der Waals surface area contributed by atoms with Gasteiger partial charge in [-0.15, -0.1) is 5.10 Å². The third-order valence-corrected chi connectivity index (χ3v) is 2.61. The van der Waals surface area contributed by atoms with Crippen molar-refractivity contribution < 1.29 is 0 Å². The molecule has 0 amide bonds. The van der Waals surface area contributed by atoms with Crippen LogP contribution in [0.2, 0.25) is 0 Å². The Morgan fingerprint density at radius 3 is 3.27 bits per heavy atom. The van der Waals surface area contributed by atoms with Gasteiger partial charge in [-0.1, -0.05) is 4.49 Å². The van der Waals surface area contributed by atoms with E-state index in [2.05, 4.69) is 20.3 Å². The summed E-state index contributed by atoms with van der Waals surface area (Å²) < 4.78 is 3.86. The standard InChI is InChI=1S/C7H11N3S/c1-2-6(4-8-3-1)7-5-11-10-9-7/h5-6,8H,1-4H2/t6-/m0/s1. The number of rotatable bonds is 1. The number of aromatic nitrogens is 2. The van der Waals surface area contributed by atoms with Crippen LogP contribution in [-0.4, -0.2) is 22.7 Å². The molecule has 1 N–H and O–H groups in total. The van der Waals surface area contributed by atoms with Gasteiger partial charge in [0.15, 0.2) is 0 Å². The monoisotopic (exact) mass is 169 g/mol. The average molecular weight is 169 g/mol. The van der Waals surface area contributed by atoms with Crippen molar-refractivity contribution in [2.75, 3.05) is 13.1 Å². The average Bonchev–Trinajstić information content (AvgIpc) is 2.58. The molecule has 11 heavy (non-hydrogen) atoms. The SMILES string of the molecule is c1snnc1[C@H]1CCCNC1. The van der Waals surface area contributed by atoms with Crippen molar-refractivity contribution in [3.63, 3.8) is 0 Å². The molecule has 1 aromatic heterocycles. The van der Waals surface area contributed by atoms with Gasteiger partial charge in [0.05, 0.1) is 5.69 Å². The second kappa shape index (κ2) is 3.28. The second-order valence-electron chi connectivity index (χ2n) is 2.87. The molecule has 0 saturated carbocycles. The summed E-state index contributed by atoms with van der Waals surface area (Å²) >= 11 is 1.44. The quantitative estimate of drug-likeness (QED) is 0.681. The zero-order valence-corrected chi connectivity index (χ0v) is 7.10. The summed E-state index contributed by atoms with van der Waals surface area (Å²) in [4.78, 5) is 0. The Hall–Kier alpha value is -0.480. The van der Waals surface area contributed by atoms with Crippen molar-refractivity contribution >= 4 is 11.5 Å². The van der Waals surface area contributed by atoms with Crippen LogP contribution >= 0.6 is 11.5 Å². The van der Waals surface area contributed by atoms with Crippen LogP contribution in [0.5, 0.6) is 0 Å². The lowest BCUT2D eigenvalue weighted by Gasteiger charge is -2.20. The maximum Gasteiger partial charge on any atom is 0.0799 e. The number of piperidine rings is 1. The van der Waals surface area contributed by atoms with E-state index in [4.69, 9.17) is 0 Å². The van der Waals surface area contributed by atoms with Crippen molar-refractivity contribution in [2.45, 2.75) is 18.8 Å². The summed E-state index contributed by atoms with van der Waals surface area (Å²) in [6, 6.07) is 0. The van der Waals surface area contributed by atoms with E-state index in [-0.39, 0.29) is 0 Å². The molecule has 0 bridgehead atoms. The van der Waals surface area contributed by atoms with Crippen LogP contribution in [0.4, 0.5) is 0 Å². The Kier molecular flexibility index (Phi) is 2.14. The Labute approximate surface area is 70.0 Å². The maximum absolute atomic E-state index is 4.07. The van der Waals surface area contributed by atoms with Gasteiger partial charge in [0, 0.05) is 17.8 Å². The highest BCUT2D eigenvalue weighted by Crippen LogP contribution is 2.21. The van der Waals surface area contributed by atoms with Crippen LogP contribution in [0.3, 0.4) is 0 Å². The molecular formula is C7H11N3S. The Balaban J connectivity index is 2.04. The normalized spacial score (nSPS) is 25.3. The summed E-state index contributed by atoms with van der Waals surface area (Å²) in [6.07, 6.45) is 2.53. The molecule has 2 heterocycles. The minimum absolute atomic E-state index is 0.613. The van der Waals surface area contributed by atoms with Crippen LogP contribution in [0.25, 0.3) is 0 Å². The lowest BCUT2D eigenvalue weighted by Crippen LogP contribution is -2.28. The number of nitrogens with one attached hydrogen (secondary N) is 1. The topological polar surface area (TPSA) is 37.8 Å². The predicted octanol–water partition coefficient (Wildman–Crippen LogP) is 1.01. The zero-order valence-electron chi connectivity index (χ0n) is 6.29. The molecule has 0 radical (unpaired) electrons. The minimum atomic E-state index is 0.613. The number of hydrogen-bond acceptors (Lipinski definition) is 4. The highest BCUT2D eigenvalue weighted by Gasteiger charge is 2.16. The van der Waals surface area contributed by atoms with Crippen molar-refractivity contribution in [1.29, 1.82) is 0 Å². The van der Waals surface area contributed by atoms with E-state index in [1.165, 1.54) is 30.1 Å². The second-order valence-corrected chi connectivity index (χ2v) is 3.48. The first-order valence-corrected chi connectivity index (χ1v) is 4.78. The molecule has 0 aromatic carbocycles. The minimum Gasteiger partial charge on any atom is -0.316 e. The molecule has 1 aliphatic rings. The van der Waals surface area contributed by atoms with E-state index < -0.39 is 0 Å². The van der Waals surface area contributed by atoms with E-state index in [1.54, 1.807) is 0 Å². The number of hydrogen-bond donors (Lipinski definition) is 1. The van der Waals surface area contributed by atoms with Gasteiger partial charge in [-0.2, -0.15) is 0 Å². The lowest BCUT2D eigenvalue weighted by atomic mass is 9.97. The summed E-state index contributed by atoms with van der Waals surface area (Å²) in [7, 11) is 0.